The highest BCUT2D eigenvalue weighted by Gasteiger charge is 2.32. The van der Waals surface area contributed by atoms with Gasteiger partial charge in [0.25, 0.3) is 0 Å². The molecule has 0 spiro atoms. The zero-order valence-corrected chi connectivity index (χ0v) is 16.8. The van der Waals surface area contributed by atoms with Crippen LogP contribution in [0.3, 0.4) is 0 Å². The highest BCUT2D eigenvalue weighted by atomic mass is 16.4. The number of allylic oxidation sites excluding steroid dienone is 2. The predicted octanol–water partition coefficient (Wildman–Crippen LogP) is 4.90. The molecule has 0 radical (unpaired) electrons. The molecule has 27 heavy (non-hydrogen) atoms. The number of unbranched alkanes of at least 4 members (excludes halogenated alkanes) is 6. The topological polar surface area (TPSA) is 74.6 Å². The number of carboxylic acids is 1. The molecule has 152 valence electrons. The summed E-state index contributed by atoms with van der Waals surface area (Å²) >= 11 is 0. The Morgan fingerprint density at radius 2 is 1.74 bits per heavy atom. The largest absolute Gasteiger partial charge is 0.481 e. The van der Waals surface area contributed by atoms with Crippen molar-refractivity contribution in [2.24, 2.45) is 11.8 Å². The van der Waals surface area contributed by atoms with Crippen molar-refractivity contribution in [2.75, 3.05) is 0 Å². The van der Waals surface area contributed by atoms with Crippen LogP contribution in [0.2, 0.25) is 0 Å². The van der Waals surface area contributed by atoms with Gasteiger partial charge in [-0.1, -0.05) is 38.7 Å². The van der Waals surface area contributed by atoms with Crippen LogP contribution in [0, 0.1) is 23.7 Å². The Bertz CT molecular complexity index is 526. The third-order valence-electron chi connectivity index (χ3n) is 5.30. The van der Waals surface area contributed by atoms with Crippen LogP contribution in [0.4, 0.5) is 0 Å². The normalized spacial score (nSPS) is 21.9. The molecular formula is C23H36O4. The van der Waals surface area contributed by atoms with Crippen molar-refractivity contribution in [3.8, 4) is 11.8 Å². The summed E-state index contributed by atoms with van der Waals surface area (Å²) in [6.45, 7) is 2.18. The highest BCUT2D eigenvalue weighted by molar-refractivity contribution is 5.89. The standard InChI is InChI=1S/C23H36O4/c1-2-3-4-6-9-12-20(24)17-15-19-16-18-22(25)21(19)13-10-7-5-8-11-14-23(26)27/h15,17,19,21-22,25H,2-6,8-9,11-14,16,18H2,1H3,(H,26,27)/b17-15+. The Morgan fingerprint density at radius 3 is 2.48 bits per heavy atom. The summed E-state index contributed by atoms with van der Waals surface area (Å²) in [7, 11) is 0. The zero-order valence-electron chi connectivity index (χ0n) is 16.8. The number of hydrogen-bond acceptors (Lipinski definition) is 3. The maximum absolute atomic E-state index is 12.0. The molecule has 1 fully saturated rings. The van der Waals surface area contributed by atoms with E-state index < -0.39 is 5.97 Å². The van der Waals surface area contributed by atoms with Gasteiger partial charge in [0, 0.05) is 31.6 Å². The second-order valence-electron chi connectivity index (χ2n) is 7.62. The SMILES string of the molecule is CCCCCCCC(=O)/C=C/C1CCC(O)C1CC#CCCCCC(=O)O. The van der Waals surface area contributed by atoms with E-state index in [0.29, 0.717) is 25.7 Å². The monoisotopic (exact) mass is 376 g/mol. The van der Waals surface area contributed by atoms with Crippen LogP contribution in [0.15, 0.2) is 12.2 Å². The molecule has 4 heteroatoms. The number of aliphatic hydroxyl groups is 1. The lowest BCUT2D eigenvalue weighted by Gasteiger charge is -2.16. The molecule has 3 atom stereocenters. The van der Waals surface area contributed by atoms with Gasteiger partial charge in [-0.2, -0.15) is 0 Å². The van der Waals surface area contributed by atoms with Crippen molar-refractivity contribution in [3.05, 3.63) is 12.2 Å². The van der Waals surface area contributed by atoms with E-state index in [2.05, 4.69) is 18.8 Å². The Labute approximate surface area is 164 Å². The molecular weight excluding hydrogens is 340 g/mol. The van der Waals surface area contributed by atoms with Crippen LogP contribution < -0.4 is 0 Å². The Hall–Kier alpha value is -1.60. The Balaban J connectivity index is 2.31. The highest BCUT2D eigenvalue weighted by Crippen LogP contribution is 2.35. The second kappa shape index (κ2) is 14.5. The minimum atomic E-state index is -0.762. The molecule has 3 unspecified atom stereocenters. The predicted molar refractivity (Wildman–Crippen MR) is 108 cm³/mol. The molecule has 1 rings (SSSR count). The molecule has 4 nitrogen and oxygen atoms in total. The molecule has 0 aliphatic heterocycles. The van der Waals surface area contributed by atoms with Crippen LogP contribution >= 0.6 is 0 Å². The van der Waals surface area contributed by atoms with E-state index in [-0.39, 0.29) is 30.1 Å². The number of rotatable bonds is 13. The summed E-state index contributed by atoms with van der Waals surface area (Å²) in [6.07, 6.45) is 14.4. The maximum Gasteiger partial charge on any atom is 0.303 e. The van der Waals surface area contributed by atoms with Gasteiger partial charge in [0.05, 0.1) is 6.10 Å². The van der Waals surface area contributed by atoms with Crippen LogP contribution in [0.1, 0.15) is 90.4 Å². The van der Waals surface area contributed by atoms with E-state index in [1.165, 1.54) is 19.3 Å². The summed E-state index contributed by atoms with van der Waals surface area (Å²) in [4.78, 5) is 22.5. The van der Waals surface area contributed by atoms with Gasteiger partial charge in [-0.15, -0.1) is 11.8 Å². The first-order chi connectivity index (χ1) is 13.0. The van der Waals surface area contributed by atoms with Crippen LogP contribution in [0.5, 0.6) is 0 Å². The van der Waals surface area contributed by atoms with E-state index in [1.54, 1.807) is 6.08 Å². The first kappa shape index (κ1) is 23.4. The fraction of sp³-hybridized carbons (Fsp3) is 0.739. The van der Waals surface area contributed by atoms with Gasteiger partial charge < -0.3 is 10.2 Å². The van der Waals surface area contributed by atoms with Crippen LogP contribution in [-0.4, -0.2) is 28.1 Å². The molecule has 0 amide bonds. The average molecular weight is 377 g/mol. The molecule has 0 aromatic carbocycles. The summed E-state index contributed by atoms with van der Waals surface area (Å²) in [6, 6.07) is 0. The average Bonchev–Trinajstić information content (AvgIpc) is 2.98. The quantitative estimate of drug-likeness (QED) is 0.272. The molecule has 1 aliphatic carbocycles. The summed E-state index contributed by atoms with van der Waals surface area (Å²) < 4.78 is 0. The van der Waals surface area contributed by atoms with Gasteiger partial charge in [0.1, 0.15) is 0 Å². The molecule has 2 N–H and O–H groups in total. The fourth-order valence-electron chi connectivity index (χ4n) is 3.59. The Morgan fingerprint density at radius 1 is 1.00 bits per heavy atom. The number of carboxylic acid groups (broad SMARTS) is 1. The number of ketones is 1. The molecule has 0 saturated heterocycles. The number of aliphatic hydroxyl groups excluding tert-OH is 1. The van der Waals surface area contributed by atoms with E-state index in [9.17, 15) is 14.7 Å². The van der Waals surface area contributed by atoms with Crippen molar-refractivity contribution >= 4 is 11.8 Å². The Kier molecular flexibility index (Phi) is 12.6. The van der Waals surface area contributed by atoms with Crippen molar-refractivity contribution in [2.45, 2.75) is 96.5 Å². The van der Waals surface area contributed by atoms with Crippen molar-refractivity contribution < 1.29 is 19.8 Å². The zero-order chi connectivity index (χ0) is 19.9. The third-order valence-corrected chi connectivity index (χ3v) is 5.30. The van der Waals surface area contributed by atoms with Crippen LogP contribution in [-0.2, 0) is 9.59 Å². The van der Waals surface area contributed by atoms with Gasteiger partial charge in [0.15, 0.2) is 5.78 Å². The number of hydrogen-bond donors (Lipinski definition) is 2. The number of carbonyl (C=O) groups is 2. The maximum atomic E-state index is 12.0. The molecule has 0 heterocycles. The number of aliphatic carboxylic acids is 1. The van der Waals surface area contributed by atoms with E-state index >= 15 is 0 Å². The molecule has 1 saturated carbocycles. The minimum Gasteiger partial charge on any atom is -0.481 e. The lowest BCUT2D eigenvalue weighted by atomic mass is 9.91. The van der Waals surface area contributed by atoms with Gasteiger partial charge >= 0.3 is 5.97 Å². The minimum absolute atomic E-state index is 0.102. The first-order valence-corrected chi connectivity index (χ1v) is 10.6. The van der Waals surface area contributed by atoms with Gasteiger partial charge in [0.2, 0.25) is 0 Å². The van der Waals surface area contributed by atoms with Gasteiger partial charge in [-0.25, -0.2) is 0 Å². The third kappa shape index (κ3) is 11.0. The van der Waals surface area contributed by atoms with Gasteiger partial charge in [-0.05, 0) is 44.1 Å². The smallest absolute Gasteiger partial charge is 0.303 e. The number of carbonyl (C=O) groups excluding carboxylic acids is 1. The summed E-state index contributed by atoms with van der Waals surface area (Å²) in [5.41, 5.74) is 0. The van der Waals surface area contributed by atoms with E-state index in [0.717, 1.165) is 32.1 Å². The lowest BCUT2D eigenvalue weighted by molar-refractivity contribution is -0.137. The van der Waals surface area contributed by atoms with E-state index in [1.807, 2.05) is 6.08 Å². The first-order valence-electron chi connectivity index (χ1n) is 10.6. The molecule has 0 aromatic rings. The second-order valence-corrected chi connectivity index (χ2v) is 7.62. The lowest BCUT2D eigenvalue weighted by Crippen LogP contribution is -2.17. The van der Waals surface area contributed by atoms with Crippen molar-refractivity contribution in [3.63, 3.8) is 0 Å². The molecule has 0 aromatic heterocycles. The summed E-state index contributed by atoms with van der Waals surface area (Å²) in [5.74, 6) is 5.99. The fourth-order valence-corrected chi connectivity index (χ4v) is 3.59. The van der Waals surface area contributed by atoms with E-state index in [4.69, 9.17) is 5.11 Å². The van der Waals surface area contributed by atoms with Crippen LogP contribution in [0.25, 0.3) is 0 Å². The van der Waals surface area contributed by atoms with Gasteiger partial charge in [-0.3, -0.25) is 9.59 Å². The van der Waals surface area contributed by atoms with Crippen molar-refractivity contribution in [1.29, 1.82) is 0 Å². The molecule has 1 aliphatic rings. The van der Waals surface area contributed by atoms with Crippen molar-refractivity contribution in [1.82, 2.24) is 0 Å². The summed E-state index contributed by atoms with van der Waals surface area (Å²) in [5, 5.41) is 18.8. The molecule has 0 bridgehead atoms.